The summed E-state index contributed by atoms with van der Waals surface area (Å²) >= 11 is 0. The second kappa shape index (κ2) is 5.50. The lowest BCUT2D eigenvalue weighted by molar-refractivity contribution is -0.190. The number of alkyl halides is 3. The number of halogens is 5. The van der Waals surface area contributed by atoms with Gasteiger partial charge in [-0.3, -0.25) is 4.79 Å². The largest absolute Gasteiger partial charge is 0.392 e. The van der Waals surface area contributed by atoms with Gasteiger partial charge in [0.15, 0.2) is 5.78 Å². The summed E-state index contributed by atoms with van der Waals surface area (Å²) in [5.41, 5.74) is -0.330. The molecule has 1 fully saturated rings. The molecule has 0 aliphatic heterocycles. The molecule has 1 nitrogen and oxygen atoms in total. The summed E-state index contributed by atoms with van der Waals surface area (Å²) < 4.78 is 64.9. The van der Waals surface area contributed by atoms with Crippen LogP contribution in [0.25, 0.3) is 0 Å². The van der Waals surface area contributed by atoms with Crippen molar-refractivity contribution in [3.63, 3.8) is 0 Å². The zero-order chi connectivity index (χ0) is 14.9. The Balaban J connectivity index is 2.30. The second-order valence-corrected chi connectivity index (χ2v) is 5.06. The molecule has 2 rings (SSSR count). The Morgan fingerprint density at radius 3 is 2.10 bits per heavy atom. The summed E-state index contributed by atoms with van der Waals surface area (Å²) in [6.45, 7) is 0. The minimum atomic E-state index is -4.47. The first-order chi connectivity index (χ1) is 9.29. The fraction of sp³-hybridized carbons (Fsp3) is 0.500. The molecule has 0 heterocycles. The van der Waals surface area contributed by atoms with Crippen molar-refractivity contribution >= 4 is 5.78 Å². The zero-order valence-electron chi connectivity index (χ0n) is 10.5. The fourth-order valence-corrected chi connectivity index (χ4v) is 2.75. The van der Waals surface area contributed by atoms with Crippen LogP contribution >= 0.6 is 0 Å². The molecule has 1 aromatic rings. The van der Waals surface area contributed by atoms with E-state index in [1.807, 2.05) is 0 Å². The van der Waals surface area contributed by atoms with Crippen LogP contribution in [0.2, 0.25) is 0 Å². The Morgan fingerprint density at radius 1 is 1.00 bits per heavy atom. The molecule has 0 radical (unpaired) electrons. The third-order valence-electron chi connectivity index (χ3n) is 3.67. The SMILES string of the molecule is O=C(c1cc(F)cc(F)c1)C1CCCCC1C(F)(F)F. The molecule has 6 heteroatoms. The number of carbonyl (C=O) groups excluding carboxylic acids is 1. The van der Waals surface area contributed by atoms with Gasteiger partial charge >= 0.3 is 6.18 Å². The van der Waals surface area contributed by atoms with Crippen LogP contribution in [0.15, 0.2) is 18.2 Å². The van der Waals surface area contributed by atoms with Gasteiger partial charge in [-0.15, -0.1) is 0 Å². The second-order valence-electron chi connectivity index (χ2n) is 5.06. The van der Waals surface area contributed by atoms with E-state index in [9.17, 15) is 26.7 Å². The summed E-state index contributed by atoms with van der Waals surface area (Å²) in [5.74, 6) is -5.73. The highest BCUT2D eigenvalue weighted by atomic mass is 19.4. The van der Waals surface area contributed by atoms with Crippen LogP contribution < -0.4 is 0 Å². The van der Waals surface area contributed by atoms with Crippen LogP contribution in [0.5, 0.6) is 0 Å². The first kappa shape index (κ1) is 14.9. The molecule has 1 aliphatic rings. The van der Waals surface area contributed by atoms with Gasteiger partial charge in [-0.25, -0.2) is 8.78 Å². The van der Waals surface area contributed by atoms with E-state index in [-0.39, 0.29) is 18.4 Å². The first-order valence-corrected chi connectivity index (χ1v) is 6.36. The van der Waals surface area contributed by atoms with Crippen LogP contribution in [0.3, 0.4) is 0 Å². The predicted molar refractivity (Wildman–Crippen MR) is 62.2 cm³/mol. The van der Waals surface area contributed by atoms with Crippen LogP contribution in [-0.4, -0.2) is 12.0 Å². The number of rotatable bonds is 2. The predicted octanol–water partition coefficient (Wildman–Crippen LogP) is 4.52. The lowest BCUT2D eigenvalue weighted by atomic mass is 9.75. The van der Waals surface area contributed by atoms with Gasteiger partial charge in [0.1, 0.15) is 11.6 Å². The molecular weight excluding hydrogens is 279 g/mol. The van der Waals surface area contributed by atoms with E-state index in [0.29, 0.717) is 18.9 Å². The van der Waals surface area contributed by atoms with Crippen molar-refractivity contribution in [2.45, 2.75) is 31.9 Å². The molecule has 0 bridgehead atoms. The summed E-state index contributed by atoms with van der Waals surface area (Å²) in [6, 6.07) is 2.15. The highest BCUT2D eigenvalue weighted by molar-refractivity contribution is 5.98. The maximum Gasteiger partial charge on any atom is 0.392 e. The molecule has 110 valence electrons. The Labute approximate surface area is 112 Å². The van der Waals surface area contributed by atoms with Gasteiger partial charge in [0.05, 0.1) is 5.92 Å². The Hall–Kier alpha value is -1.46. The van der Waals surface area contributed by atoms with E-state index < -0.39 is 35.4 Å². The van der Waals surface area contributed by atoms with Crippen molar-refractivity contribution in [2.24, 2.45) is 11.8 Å². The number of ketones is 1. The smallest absolute Gasteiger partial charge is 0.294 e. The van der Waals surface area contributed by atoms with Crippen LogP contribution in [-0.2, 0) is 0 Å². The number of hydrogen-bond acceptors (Lipinski definition) is 1. The topological polar surface area (TPSA) is 17.1 Å². The van der Waals surface area contributed by atoms with Gasteiger partial charge in [-0.1, -0.05) is 12.8 Å². The quantitative estimate of drug-likeness (QED) is 0.578. The van der Waals surface area contributed by atoms with Gasteiger partial charge in [0.2, 0.25) is 0 Å². The summed E-state index contributed by atoms with van der Waals surface area (Å²) in [6.07, 6.45) is -3.56. The fourth-order valence-electron chi connectivity index (χ4n) is 2.75. The highest BCUT2D eigenvalue weighted by Gasteiger charge is 2.48. The maximum absolute atomic E-state index is 13.1. The minimum absolute atomic E-state index is 0.0984. The van der Waals surface area contributed by atoms with E-state index in [1.54, 1.807) is 0 Å². The highest BCUT2D eigenvalue weighted by Crippen LogP contribution is 2.42. The Bertz CT molecular complexity index is 489. The van der Waals surface area contributed by atoms with E-state index in [2.05, 4.69) is 0 Å². The number of hydrogen-bond donors (Lipinski definition) is 0. The zero-order valence-corrected chi connectivity index (χ0v) is 10.5. The Kier molecular flexibility index (Phi) is 4.11. The molecule has 1 aliphatic carbocycles. The van der Waals surface area contributed by atoms with Crippen LogP contribution in [0.1, 0.15) is 36.0 Å². The van der Waals surface area contributed by atoms with Crippen molar-refractivity contribution in [1.82, 2.24) is 0 Å². The molecule has 1 aromatic carbocycles. The molecule has 0 spiro atoms. The molecular formula is C14H13F5O. The normalized spacial score (nSPS) is 23.6. The lowest BCUT2D eigenvalue weighted by Crippen LogP contribution is -2.37. The van der Waals surface area contributed by atoms with E-state index >= 15 is 0 Å². The molecule has 0 N–H and O–H groups in total. The molecule has 0 amide bonds. The lowest BCUT2D eigenvalue weighted by Gasteiger charge is -2.32. The van der Waals surface area contributed by atoms with E-state index in [0.717, 1.165) is 12.1 Å². The van der Waals surface area contributed by atoms with Crippen molar-refractivity contribution in [3.8, 4) is 0 Å². The molecule has 0 aromatic heterocycles. The summed E-state index contributed by atoms with van der Waals surface area (Å²) in [5, 5.41) is 0. The summed E-state index contributed by atoms with van der Waals surface area (Å²) in [7, 11) is 0. The summed E-state index contributed by atoms with van der Waals surface area (Å²) in [4.78, 5) is 12.1. The third kappa shape index (κ3) is 3.16. The average Bonchev–Trinajstić information content (AvgIpc) is 2.35. The van der Waals surface area contributed by atoms with Gasteiger partial charge in [0, 0.05) is 17.5 Å². The monoisotopic (exact) mass is 292 g/mol. The number of carbonyl (C=O) groups is 1. The van der Waals surface area contributed by atoms with Gasteiger partial charge in [0.25, 0.3) is 0 Å². The van der Waals surface area contributed by atoms with E-state index in [4.69, 9.17) is 0 Å². The van der Waals surface area contributed by atoms with Gasteiger partial charge in [-0.05, 0) is 25.0 Å². The number of benzene rings is 1. The van der Waals surface area contributed by atoms with Crippen molar-refractivity contribution < 1.29 is 26.7 Å². The first-order valence-electron chi connectivity index (χ1n) is 6.36. The third-order valence-corrected chi connectivity index (χ3v) is 3.67. The standard InChI is InChI=1S/C14H13F5O/c15-9-5-8(6-10(16)7-9)13(20)11-3-1-2-4-12(11)14(17,18)19/h5-7,11-12H,1-4H2. The number of Topliss-reactive ketones (excluding diaryl/α,β-unsaturated/α-hetero) is 1. The Morgan fingerprint density at radius 2 is 1.55 bits per heavy atom. The maximum atomic E-state index is 13.1. The van der Waals surface area contributed by atoms with Crippen LogP contribution in [0, 0.1) is 23.5 Å². The van der Waals surface area contributed by atoms with Crippen molar-refractivity contribution in [3.05, 3.63) is 35.4 Å². The van der Waals surface area contributed by atoms with Crippen molar-refractivity contribution in [2.75, 3.05) is 0 Å². The van der Waals surface area contributed by atoms with Crippen LogP contribution in [0.4, 0.5) is 22.0 Å². The molecule has 20 heavy (non-hydrogen) atoms. The van der Waals surface area contributed by atoms with Gasteiger partial charge < -0.3 is 0 Å². The molecule has 1 saturated carbocycles. The molecule has 2 atom stereocenters. The molecule has 0 saturated heterocycles. The molecule has 2 unspecified atom stereocenters. The average molecular weight is 292 g/mol. The van der Waals surface area contributed by atoms with Crippen molar-refractivity contribution in [1.29, 1.82) is 0 Å². The minimum Gasteiger partial charge on any atom is -0.294 e. The van der Waals surface area contributed by atoms with Gasteiger partial charge in [-0.2, -0.15) is 13.2 Å². The van der Waals surface area contributed by atoms with E-state index in [1.165, 1.54) is 0 Å².